The Morgan fingerprint density at radius 1 is 0.815 bits per heavy atom. The van der Waals surface area contributed by atoms with Crippen LogP contribution in [0.15, 0.2) is 0 Å². The lowest BCUT2D eigenvalue weighted by molar-refractivity contribution is -0.147. The average molecular weight is 402 g/mol. The molecule has 4 nitrogen and oxygen atoms in total. The van der Waals surface area contributed by atoms with Crippen molar-refractivity contribution in [2.24, 2.45) is 11.7 Å². The molecule has 5 heteroatoms. The first-order valence-electron chi connectivity index (χ1n) is 11.1. The van der Waals surface area contributed by atoms with Crippen molar-refractivity contribution in [3.05, 3.63) is 0 Å². The minimum atomic E-state index is -1.31. The molecule has 2 unspecified atom stereocenters. The quantitative estimate of drug-likeness (QED) is 0.105. The molecule has 0 aliphatic carbocycles. The third-order valence-corrected chi connectivity index (χ3v) is 5.44. The SMILES string of the molecule is CCCCCCCCCCCCCCCCCC(=O)C(C(=O)O)C(C)(N)S. The zero-order valence-corrected chi connectivity index (χ0v) is 18.6. The summed E-state index contributed by atoms with van der Waals surface area (Å²) < 4.78 is 0. The lowest BCUT2D eigenvalue weighted by Crippen LogP contribution is -2.47. The maximum absolute atomic E-state index is 12.1. The van der Waals surface area contributed by atoms with E-state index in [1.165, 1.54) is 84.0 Å². The Labute approximate surface area is 172 Å². The van der Waals surface area contributed by atoms with E-state index in [1.54, 1.807) is 0 Å². The normalized spacial score (nSPS) is 14.7. The van der Waals surface area contributed by atoms with Gasteiger partial charge < -0.3 is 10.8 Å². The van der Waals surface area contributed by atoms with Crippen molar-refractivity contribution in [1.29, 1.82) is 0 Å². The molecule has 0 saturated heterocycles. The number of carboxylic acid groups (broad SMARTS) is 1. The Morgan fingerprint density at radius 3 is 1.44 bits per heavy atom. The Hall–Kier alpha value is -0.550. The molecular formula is C22H43NO3S. The van der Waals surface area contributed by atoms with E-state index in [9.17, 15) is 9.59 Å². The molecule has 0 aromatic carbocycles. The van der Waals surface area contributed by atoms with Gasteiger partial charge in [-0.05, 0) is 13.3 Å². The standard InChI is InChI=1S/C22H43NO3S/c1-3-4-5-6-7-8-9-10-11-12-13-14-15-16-17-18-19(24)20(21(25)26)22(2,23)27/h20,27H,3-18,23H2,1-2H3,(H,25,26). The van der Waals surface area contributed by atoms with Crippen LogP contribution < -0.4 is 5.73 Å². The number of rotatable bonds is 19. The molecule has 160 valence electrons. The highest BCUT2D eigenvalue weighted by Gasteiger charge is 2.38. The van der Waals surface area contributed by atoms with E-state index in [0.717, 1.165) is 19.3 Å². The van der Waals surface area contributed by atoms with Gasteiger partial charge in [-0.3, -0.25) is 9.59 Å². The molecule has 0 aliphatic heterocycles. The molecule has 3 N–H and O–H groups in total. The van der Waals surface area contributed by atoms with Gasteiger partial charge in [-0.25, -0.2) is 0 Å². The molecule has 0 rings (SSSR count). The summed E-state index contributed by atoms with van der Waals surface area (Å²) in [4.78, 5) is 21.9. The molecule has 2 atom stereocenters. The summed E-state index contributed by atoms with van der Waals surface area (Å²) in [6, 6.07) is 0. The van der Waals surface area contributed by atoms with Gasteiger partial charge in [-0.1, -0.05) is 96.8 Å². The van der Waals surface area contributed by atoms with Gasteiger partial charge in [0.15, 0.2) is 0 Å². The van der Waals surface area contributed by atoms with Gasteiger partial charge in [-0.2, -0.15) is 12.6 Å². The van der Waals surface area contributed by atoms with Crippen molar-refractivity contribution in [2.75, 3.05) is 0 Å². The number of ketones is 1. The van der Waals surface area contributed by atoms with Crippen LogP contribution >= 0.6 is 12.6 Å². The third kappa shape index (κ3) is 15.1. The van der Waals surface area contributed by atoms with Crippen LogP contribution in [0.25, 0.3) is 0 Å². The largest absolute Gasteiger partial charge is 0.481 e. The number of unbranched alkanes of at least 4 members (excludes halogenated alkanes) is 14. The number of carboxylic acids is 1. The lowest BCUT2D eigenvalue weighted by atomic mass is 9.92. The highest BCUT2D eigenvalue weighted by molar-refractivity contribution is 7.81. The number of nitrogens with two attached hydrogens (primary N) is 1. The van der Waals surface area contributed by atoms with Crippen molar-refractivity contribution < 1.29 is 14.7 Å². The molecular weight excluding hydrogens is 358 g/mol. The summed E-state index contributed by atoms with van der Waals surface area (Å²) in [6.07, 6.45) is 19.3. The van der Waals surface area contributed by atoms with E-state index in [-0.39, 0.29) is 12.2 Å². The van der Waals surface area contributed by atoms with Crippen molar-refractivity contribution in [1.82, 2.24) is 0 Å². The second kappa shape index (κ2) is 16.4. The fourth-order valence-corrected chi connectivity index (χ4v) is 3.78. The van der Waals surface area contributed by atoms with Crippen molar-refractivity contribution in [3.63, 3.8) is 0 Å². The summed E-state index contributed by atoms with van der Waals surface area (Å²) >= 11 is 4.06. The van der Waals surface area contributed by atoms with Crippen LogP contribution in [0.1, 0.15) is 117 Å². The average Bonchev–Trinajstić information content (AvgIpc) is 2.56. The van der Waals surface area contributed by atoms with Crippen molar-refractivity contribution >= 4 is 24.4 Å². The third-order valence-electron chi connectivity index (χ3n) is 5.18. The Balaban J connectivity index is 3.47. The smallest absolute Gasteiger partial charge is 0.316 e. The van der Waals surface area contributed by atoms with Crippen LogP contribution in [-0.4, -0.2) is 21.7 Å². The highest BCUT2D eigenvalue weighted by atomic mass is 32.1. The van der Waals surface area contributed by atoms with Gasteiger partial charge >= 0.3 is 5.97 Å². The first-order chi connectivity index (χ1) is 12.8. The molecule has 0 fully saturated rings. The van der Waals surface area contributed by atoms with Crippen LogP contribution in [0.4, 0.5) is 0 Å². The zero-order chi connectivity index (χ0) is 20.5. The molecule has 0 spiro atoms. The summed E-state index contributed by atoms with van der Waals surface area (Å²) in [6.45, 7) is 3.73. The fraction of sp³-hybridized carbons (Fsp3) is 0.909. The second-order valence-electron chi connectivity index (χ2n) is 8.16. The van der Waals surface area contributed by atoms with Crippen molar-refractivity contribution in [3.8, 4) is 0 Å². The highest BCUT2D eigenvalue weighted by Crippen LogP contribution is 2.22. The number of carbonyl (C=O) groups is 2. The minimum Gasteiger partial charge on any atom is -0.481 e. The first-order valence-corrected chi connectivity index (χ1v) is 11.5. The Kier molecular flexibility index (Phi) is 16.1. The minimum absolute atomic E-state index is 0.280. The van der Waals surface area contributed by atoms with E-state index >= 15 is 0 Å². The van der Waals surface area contributed by atoms with Gasteiger partial charge in [0, 0.05) is 6.42 Å². The summed E-state index contributed by atoms with van der Waals surface area (Å²) in [7, 11) is 0. The maximum Gasteiger partial charge on any atom is 0.316 e. The van der Waals surface area contributed by atoms with E-state index in [4.69, 9.17) is 10.8 Å². The molecule has 0 heterocycles. The van der Waals surface area contributed by atoms with Crippen LogP contribution in [-0.2, 0) is 9.59 Å². The molecule has 0 aromatic rings. The van der Waals surface area contributed by atoms with Gasteiger partial charge in [0.1, 0.15) is 11.7 Å². The Bertz CT molecular complexity index is 394. The van der Waals surface area contributed by atoms with Gasteiger partial charge in [0.2, 0.25) is 0 Å². The number of carbonyl (C=O) groups excluding carboxylic acids is 1. The summed E-state index contributed by atoms with van der Waals surface area (Å²) in [5.74, 6) is -2.72. The topological polar surface area (TPSA) is 80.4 Å². The fourth-order valence-electron chi connectivity index (χ4n) is 3.53. The lowest BCUT2D eigenvalue weighted by Gasteiger charge is -2.24. The molecule has 0 saturated carbocycles. The van der Waals surface area contributed by atoms with E-state index in [2.05, 4.69) is 19.6 Å². The number of thiol groups is 1. The van der Waals surface area contributed by atoms with Crippen LogP contribution in [0.3, 0.4) is 0 Å². The van der Waals surface area contributed by atoms with Gasteiger partial charge in [0.05, 0.1) is 4.87 Å². The zero-order valence-electron chi connectivity index (χ0n) is 17.7. The number of aliphatic carboxylic acids is 1. The van der Waals surface area contributed by atoms with Crippen LogP contribution in [0, 0.1) is 5.92 Å². The second-order valence-corrected chi connectivity index (χ2v) is 9.13. The van der Waals surface area contributed by atoms with Crippen LogP contribution in [0.2, 0.25) is 0 Å². The molecule has 0 aliphatic rings. The first kappa shape index (κ1) is 26.4. The Morgan fingerprint density at radius 2 is 1.15 bits per heavy atom. The van der Waals surface area contributed by atoms with E-state index in [1.807, 2.05) is 0 Å². The van der Waals surface area contributed by atoms with E-state index < -0.39 is 16.8 Å². The monoisotopic (exact) mass is 401 g/mol. The summed E-state index contributed by atoms with van der Waals surface area (Å²) in [5.41, 5.74) is 5.70. The molecule has 0 aromatic heterocycles. The molecule has 0 radical (unpaired) electrons. The molecule has 27 heavy (non-hydrogen) atoms. The predicted octanol–water partition coefficient (Wildman–Crippen LogP) is 6.12. The van der Waals surface area contributed by atoms with Crippen molar-refractivity contribution in [2.45, 2.75) is 121 Å². The predicted molar refractivity (Wildman–Crippen MR) is 117 cm³/mol. The number of hydrogen-bond acceptors (Lipinski definition) is 4. The van der Waals surface area contributed by atoms with Gasteiger partial charge in [0.25, 0.3) is 0 Å². The molecule has 0 bridgehead atoms. The number of Topliss-reactive ketones (excluding diaryl/α,β-unsaturated/α-hetero) is 1. The van der Waals surface area contributed by atoms with Gasteiger partial charge in [-0.15, -0.1) is 0 Å². The molecule has 0 amide bonds. The maximum atomic E-state index is 12.1. The van der Waals surface area contributed by atoms with E-state index in [0.29, 0.717) is 0 Å². The summed E-state index contributed by atoms with van der Waals surface area (Å²) in [5, 5.41) is 9.16. The van der Waals surface area contributed by atoms with Crippen LogP contribution in [0.5, 0.6) is 0 Å². The number of hydrogen-bond donors (Lipinski definition) is 3.